The van der Waals surface area contributed by atoms with E-state index in [2.05, 4.69) is 37.3 Å². The molecule has 3 aromatic rings. The first-order valence-electron chi connectivity index (χ1n) is 10.9. The van der Waals surface area contributed by atoms with E-state index >= 15 is 0 Å². The number of imide groups is 1. The molecular formula is C26H21N2O4-. The zero-order valence-electron chi connectivity index (χ0n) is 17.4. The maximum absolute atomic E-state index is 13.7. The summed E-state index contributed by atoms with van der Waals surface area (Å²) in [6.07, 6.45) is 0.910. The molecule has 3 aliphatic carbocycles. The summed E-state index contributed by atoms with van der Waals surface area (Å²) in [5, 5.41) is 20.0. The van der Waals surface area contributed by atoms with Gasteiger partial charge >= 0.3 is 0 Å². The van der Waals surface area contributed by atoms with E-state index in [1.807, 2.05) is 12.1 Å². The summed E-state index contributed by atoms with van der Waals surface area (Å²) in [7, 11) is 0. The van der Waals surface area contributed by atoms with Gasteiger partial charge in [-0.1, -0.05) is 49.4 Å². The molecule has 1 aliphatic heterocycles. The Labute approximate surface area is 185 Å². The molecule has 4 aliphatic rings. The Kier molecular flexibility index (Phi) is 4.06. The van der Waals surface area contributed by atoms with Crippen molar-refractivity contribution in [1.29, 1.82) is 0 Å². The van der Waals surface area contributed by atoms with Gasteiger partial charge in [0.15, 0.2) is 0 Å². The molecule has 6 heteroatoms. The third-order valence-electron chi connectivity index (χ3n) is 7.34. The summed E-state index contributed by atoms with van der Waals surface area (Å²) in [4.78, 5) is 28.7. The molecule has 0 spiro atoms. The fourth-order valence-corrected chi connectivity index (χ4v) is 5.98. The van der Waals surface area contributed by atoms with Crippen LogP contribution >= 0.6 is 0 Å². The maximum Gasteiger partial charge on any atom is 0.238 e. The number of carbonyl (C=O) groups excluding carboxylic acids is 2. The van der Waals surface area contributed by atoms with Crippen molar-refractivity contribution < 1.29 is 14.8 Å². The van der Waals surface area contributed by atoms with Crippen LogP contribution in [0.2, 0.25) is 0 Å². The van der Waals surface area contributed by atoms with Crippen molar-refractivity contribution in [2.75, 3.05) is 10.1 Å². The van der Waals surface area contributed by atoms with Crippen LogP contribution < -0.4 is 10.1 Å². The Bertz CT molecular complexity index is 1270. The summed E-state index contributed by atoms with van der Waals surface area (Å²) in [5.41, 5.74) is 6.26. The average Bonchev–Trinajstić information content (AvgIpc) is 3.09. The topological polar surface area (TPSA) is 83.9 Å². The molecule has 1 N–H and O–H groups in total. The number of hydrogen-bond donors (Lipinski definition) is 1. The molecule has 1 saturated heterocycles. The first-order chi connectivity index (χ1) is 15.5. The quantitative estimate of drug-likeness (QED) is 0.499. The number of anilines is 2. The van der Waals surface area contributed by atoms with Gasteiger partial charge in [-0.15, -0.1) is 0 Å². The van der Waals surface area contributed by atoms with E-state index in [1.165, 1.54) is 34.7 Å². The predicted molar refractivity (Wildman–Crippen MR) is 119 cm³/mol. The predicted octanol–water partition coefficient (Wildman–Crippen LogP) is 4.34. The van der Waals surface area contributed by atoms with Crippen LogP contribution in [0.1, 0.15) is 46.6 Å². The second kappa shape index (κ2) is 6.76. The highest BCUT2D eigenvalue weighted by Gasteiger charge is 2.61. The first-order valence-corrected chi connectivity index (χ1v) is 10.9. The van der Waals surface area contributed by atoms with Crippen molar-refractivity contribution >= 4 is 23.2 Å². The van der Waals surface area contributed by atoms with Crippen LogP contribution in [-0.2, 0) is 16.0 Å². The number of nitrogens with zero attached hydrogens (tertiary/aromatic N) is 2. The molecule has 7 rings (SSSR count). The van der Waals surface area contributed by atoms with Gasteiger partial charge in [-0.05, 0) is 58.5 Å². The van der Waals surface area contributed by atoms with Gasteiger partial charge in [0.1, 0.15) is 0 Å². The summed E-state index contributed by atoms with van der Waals surface area (Å²) < 4.78 is 0. The highest BCUT2D eigenvalue weighted by molar-refractivity contribution is 6.23. The lowest BCUT2D eigenvalue weighted by atomic mass is 9.55. The van der Waals surface area contributed by atoms with E-state index in [4.69, 9.17) is 5.21 Å². The fourth-order valence-electron chi connectivity index (χ4n) is 5.98. The number of hydrogen-bond acceptors (Lipinski definition) is 5. The van der Waals surface area contributed by atoms with E-state index in [9.17, 15) is 14.8 Å². The zero-order chi connectivity index (χ0) is 22.1. The molecule has 1 heterocycles. The number of carbonyl (C=O) groups is 2. The molecule has 160 valence electrons. The molecule has 3 aromatic carbocycles. The Morgan fingerprint density at radius 2 is 1.41 bits per heavy atom. The number of rotatable bonds is 3. The van der Waals surface area contributed by atoms with E-state index in [1.54, 1.807) is 0 Å². The minimum absolute atomic E-state index is 0.0391. The Balaban J connectivity index is 1.51. The fraction of sp³-hybridized carbons (Fsp3) is 0.231. The highest BCUT2D eigenvalue weighted by Crippen LogP contribution is 2.61. The summed E-state index contributed by atoms with van der Waals surface area (Å²) in [5.74, 6) is -1.61. The van der Waals surface area contributed by atoms with E-state index in [0.717, 1.165) is 28.7 Å². The Morgan fingerprint density at radius 1 is 0.844 bits per heavy atom. The van der Waals surface area contributed by atoms with Crippen molar-refractivity contribution in [3.63, 3.8) is 0 Å². The molecule has 2 bridgehead atoms. The van der Waals surface area contributed by atoms with Crippen molar-refractivity contribution in [3.8, 4) is 0 Å². The lowest BCUT2D eigenvalue weighted by Crippen LogP contribution is -2.41. The monoisotopic (exact) mass is 425 g/mol. The molecule has 2 amide bonds. The third-order valence-corrected chi connectivity index (χ3v) is 7.34. The molecule has 0 radical (unpaired) electrons. The minimum Gasteiger partial charge on any atom is -0.733 e. The van der Waals surface area contributed by atoms with Crippen molar-refractivity contribution in [3.05, 3.63) is 99.8 Å². The SMILES string of the molecule is CCc1ccc2c(c1)[C@H]1c3ccccc3[C@H]2[C@@H]2C(=O)N(c3ccc(N([O-])O)cc3)C(=O)[C@H]12. The standard InChI is InChI=1S/C26H21N2O4/c1-2-14-7-12-19-20(13-14)22-18-6-4-3-5-17(18)21(19)23-24(22)26(30)27(25(23)29)15-8-10-16(11-9-15)28(31)32/h3-13,21-24,31H,2H2,1H3/q-1/t21-,22-,23+,24-/m1/s1. The highest BCUT2D eigenvalue weighted by atomic mass is 16.8. The largest absolute Gasteiger partial charge is 0.733 e. The number of aryl methyl sites for hydroxylation is 1. The van der Waals surface area contributed by atoms with Crippen LogP contribution in [0.4, 0.5) is 11.4 Å². The van der Waals surface area contributed by atoms with Gasteiger partial charge in [0, 0.05) is 11.8 Å². The first kappa shape index (κ1) is 19.2. The lowest BCUT2D eigenvalue weighted by molar-refractivity contribution is -0.122. The molecule has 32 heavy (non-hydrogen) atoms. The molecule has 0 saturated carbocycles. The molecule has 0 unspecified atom stereocenters. The van der Waals surface area contributed by atoms with Gasteiger partial charge in [0.05, 0.1) is 23.2 Å². The molecule has 6 nitrogen and oxygen atoms in total. The summed E-state index contributed by atoms with van der Waals surface area (Å²) >= 11 is 0. The average molecular weight is 425 g/mol. The van der Waals surface area contributed by atoms with Crippen LogP contribution in [0.25, 0.3) is 0 Å². The van der Waals surface area contributed by atoms with Gasteiger partial charge in [-0.2, -0.15) is 0 Å². The van der Waals surface area contributed by atoms with Crippen LogP contribution in [0.3, 0.4) is 0 Å². The number of amides is 2. The van der Waals surface area contributed by atoms with Crippen molar-refractivity contribution in [2.24, 2.45) is 11.8 Å². The van der Waals surface area contributed by atoms with E-state index < -0.39 is 11.8 Å². The van der Waals surface area contributed by atoms with Crippen LogP contribution in [0.15, 0.2) is 66.7 Å². The Morgan fingerprint density at radius 3 is 1.97 bits per heavy atom. The van der Waals surface area contributed by atoms with E-state index in [-0.39, 0.29) is 34.6 Å². The number of benzene rings is 3. The minimum atomic E-state index is -0.449. The second-order valence-corrected chi connectivity index (χ2v) is 8.75. The molecule has 4 atom stereocenters. The molecule has 1 fully saturated rings. The Hall–Kier alpha value is -3.48. The van der Waals surface area contributed by atoms with Crippen LogP contribution in [0.5, 0.6) is 0 Å². The smallest absolute Gasteiger partial charge is 0.238 e. The van der Waals surface area contributed by atoms with Crippen LogP contribution in [-0.4, -0.2) is 17.0 Å². The maximum atomic E-state index is 13.7. The normalized spacial score (nSPS) is 24.9. The van der Waals surface area contributed by atoms with Crippen LogP contribution in [0, 0.1) is 17.0 Å². The second-order valence-electron chi connectivity index (χ2n) is 8.75. The summed E-state index contributed by atoms with van der Waals surface area (Å²) in [6.45, 7) is 2.12. The van der Waals surface area contributed by atoms with Gasteiger partial charge in [0.25, 0.3) is 0 Å². The van der Waals surface area contributed by atoms with Gasteiger partial charge in [-0.25, -0.2) is 4.90 Å². The molecular weight excluding hydrogens is 404 g/mol. The van der Waals surface area contributed by atoms with Gasteiger partial charge in [-0.3, -0.25) is 14.8 Å². The lowest BCUT2D eigenvalue weighted by Gasteiger charge is -2.46. The van der Waals surface area contributed by atoms with Crippen molar-refractivity contribution in [2.45, 2.75) is 25.2 Å². The van der Waals surface area contributed by atoms with Gasteiger partial charge in [0.2, 0.25) is 11.8 Å². The third kappa shape index (κ3) is 2.42. The van der Waals surface area contributed by atoms with Gasteiger partial charge < -0.3 is 10.4 Å². The van der Waals surface area contributed by atoms with E-state index in [0.29, 0.717) is 5.69 Å². The summed E-state index contributed by atoms with van der Waals surface area (Å²) in [6, 6.07) is 20.5. The molecule has 0 aromatic heterocycles. The van der Waals surface area contributed by atoms with Crippen molar-refractivity contribution in [1.82, 2.24) is 0 Å². The zero-order valence-corrected chi connectivity index (χ0v) is 17.4.